The summed E-state index contributed by atoms with van der Waals surface area (Å²) >= 11 is 1.05. The largest absolute Gasteiger partial charge is 0.389 e. The molecule has 0 aliphatic rings. The molecule has 0 bridgehead atoms. The van der Waals surface area contributed by atoms with E-state index in [1.165, 1.54) is 6.33 Å². The molecule has 0 radical (unpaired) electrons. The van der Waals surface area contributed by atoms with E-state index in [4.69, 9.17) is 0 Å². The van der Waals surface area contributed by atoms with Crippen LogP contribution in [0, 0.1) is 0 Å². The van der Waals surface area contributed by atoms with Gasteiger partial charge in [-0.3, -0.25) is 0 Å². The molecule has 0 atom stereocenters. The topological polar surface area (TPSA) is 30.7 Å². The van der Waals surface area contributed by atoms with Gasteiger partial charge in [0.15, 0.2) is 5.16 Å². The number of aryl methyl sites for hydroxylation is 1. The first-order chi connectivity index (χ1) is 5.99. The molecule has 0 spiro atoms. The minimum absolute atomic E-state index is 0.0178. The summed E-state index contributed by atoms with van der Waals surface area (Å²) in [6.07, 6.45) is -3.44. The van der Waals surface area contributed by atoms with Gasteiger partial charge in [-0.05, 0) is 0 Å². The summed E-state index contributed by atoms with van der Waals surface area (Å²) in [6, 6.07) is 0. The summed E-state index contributed by atoms with van der Waals surface area (Å²) < 4.78 is 36.8. The first-order valence-corrected chi connectivity index (χ1v) is 4.51. The Balaban J connectivity index is 2.32. The van der Waals surface area contributed by atoms with Crippen LogP contribution in [0.1, 0.15) is 6.42 Å². The quantitative estimate of drug-likeness (QED) is 0.715. The van der Waals surface area contributed by atoms with Gasteiger partial charge in [-0.15, -0.1) is 10.2 Å². The fourth-order valence-corrected chi connectivity index (χ4v) is 1.53. The van der Waals surface area contributed by atoms with Gasteiger partial charge in [-0.1, -0.05) is 11.8 Å². The number of alkyl halides is 3. The van der Waals surface area contributed by atoms with Crippen molar-refractivity contribution in [2.24, 2.45) is 7.05 Å². The number of rotatable bonds is 3. The van der Waals surface area contributed by atoms with E-state index in [-0.39, 0.29) is 5.75 Å². The van der Waals surface area contributed by atoms with E-state index in [1.54, 1.807) is 11.6 Å². The van der Waals surface area contributed by atoms with Crippen molar-refractivity contribution in [3.63, 3.8) is 0 Å². The highest BCUT2D eigenvalue weighted by Crippen LogP contribution is 2.24. The Bertz CT molecular complexity index is 270. The van der Waals surface area contributed by atoms with Gasteiger partial charge in [0.1, 0.15) is 6.33 Å². The fourth-order valence-electron chi connectivity index (χ4n) is 0.661. The summed E-state index contributed by atoms with van der Waals surface area (Å²) in [5, 5.41) is 7.70. The lowest BCUT2D eigenvalue weighted by molar-refractivity contribution is -0.129. The maximum atomic E-state index is 11.7. The molecule has 0 aliphatic carbocycles. The molecule has 0 unspecified atom stereocenters. The zero-order valence-corrected chi connectivity index (χ0v) is 7.69. The van der Waals surface area contributed by atoms with E-state index in [1.807, 2.05) is 0 Å². The Hall–Kier alpha value is -0.720. The molecular weight excluding hydrogens is 203 g/mol. The average Bonchev–Trinajstić information content (AvgIpc) is 2.34. The summed E-state index contributed by atoms with van der Waals surface area (Å²) in [5.74, 6) is -0.0178. The SMILES string of the molecule is Cn1cnnc1SCCC(F)(F)F. The van der Waals surface area contributed by atoms with Crippen LogP contribution in [0.5, 0.6) is 0 Å². The highest BCUT2D eigenvalue weighted by atomic mass is 32.2. The first kappa shape index (κ1) is 10.4. The van der Waals surface area contributed by atoms with Gasteiger partial charge in [0.25, 0.3) is 0 Å². The highest BCUT2D eigenvalue weighted by Gasteiger charge is 2.26. The van der Waals surface area contributed by atoms with Crippen molar-refractivity contribution in [3.8, 4) is 0 Å². The monoisotopic (exact) mass is 211 g/mol. The van der Waals surface area contributed by atoms with Crippen LogP contribution >= 0.6 is 11.8 Å². The van der Waals surface area contributed by atoms with Crippen LogP contribution in [-0.4, -0.2) is 26.7 Å². The molecule has 1 heterocycles. The zero-order chi connectivity index (χ0) is 9.90. The number of hydrogen-bond donors (Lipinski definition) is 0. The van der Waals surface area contributed by atoms with Crippen LogP contribution in [0.15, 0.2) is 11.5 Å². The second kappa shape index (κ2) is 3.99. The maximum absolute atomic E-state index is 11.7. The number of hydrogen-bond acceptors (Lipinski definition) is 3. The molecule has 1 aromatic rings. The number of nitrogens with zero attached hydrogens (tertiary/aromatic N) is 3. The molecule has 0 saturated carbocycles. The minimum Gasteiger partial charge on any atom is -0.312 e. The van der Waals surface area contributed by atoms with Gasteiger partial charge in [0.2, 0.25) is 0 Å². The van der Waals surface area contributed by atoms with Gasteiger partial charge in [0.05, 0.1) is 6.42 Å². The summed E-state index contributed by atoms with van der Waals surface area (Å²) in [5.41, 5.74) is 0. The molecule has 0 aliphatic heterocycles. The maximum Gasteiger partial charge on any atom is 0.389 e. The number of halogens is 3. The van der Waals surface area contributed by atoms with Gasteiger partial charge < -0.3 is 4.57 Å². The minimum atomic E-state index is -4.09. The molecule has 1 aromatic heterocycles. The van der Waals surface area contributed by atoms with Crippen LogP contribution in [-0.2, 0) is 7.05 Å². The normalized spacial score (nSPS) is 12.0. The van der Waals surface area contributed by atoms with Crippen molar-refractivity contribution >= 4 is 11.8 Å². The van der Waals surface area contributed by atoms with Crippen LogP contribution in [0.4, 0.5) is 13.2 Å². The van der Waals surface area contributed by atoms with Crippen molar-refractivity contribution in [2.45, 2.75) is 17.8 Å². The van der Waals surface area contributed by atoms with E-state index < -0.39 is 12.6 Å². The Morgan fingerprint density at radius 2 is 2.23 bits per heavy atom. The number of aromatic nitrogens is 3. The van der Waals surface area contributed by atoms with Gasteiger partial charge in [-0.25, -0.2) is 0 Å². The summed E-state index contributed by atoms with van der Waals surface area (Å²) in [6.45, 7) is 0. The van der Waals surface area contributed by atoms with Gasteiger partial charge >= 0.3 is 6.18 Å². The third-order valence-corrected chi connectivity index (χ3v) is 2.32. The first-order valence-electron chi connectivity index (χ1n) is 3.52. The third kappa shape index (κ3) is 3.67. The zero-order valence-electron chi connectivity index (χ0n) is 6.88. The van der Waals surface area contributed by atoms with Crippen LogP contribution in [0.2, 0.25) is 0 Å². The second-order valence-corrected chi connectivity index (χ2v) is 3.50. The van der Waals surface area contributed by atoms with Crippen LogP contribution < -0.4 is 0 Å². The van der Waals surface area contributed by atoms with Crippen LogP contribution in [0.25, 0.3) is 0 Å². The summed E-state index contributed by atoms with van der Waals surface area (Å²) in [7, 11) is 1.69. The van der Waals surface area contributed by atoms with E-state index >= 15 is 0 Å². The molecule has 3 nitrogen and oxygen atoms in total. The molecule has 7 heteroatoms. The molecule has 0 saturated heterocycles. The predicted molar refractivity (Wildman–Crippen MR) is 42.4 cm³/mol. The Morgan fingerprint density at radius 1 is 1.54 bits per heavy atom. The smallest absolute Gasteiger partial charge is 0.312 e. The molecule has 1 rings (SSSR count). The molecule has 0 fully saturated rings. The average molecular weight is 211 g/mol. The second-order valence-electron chi connectivity index (χ2n) is 2.44. The van der Waals surface area contributed by atoms with Crippen molar-refractivity contribution in [1.29, 1.82) is 0 Å². The summed E-state index contributed by atoms with van der Waals surface area (Å²) in [4.78, 5) is 0. The number of thioether (sulfide) groups is 1. The lowest BCUT2D eigenvalue weighted by atomic mass is 10.5. The Morgan fingerprint density at radius 3 is 2.69 bits per heavy atom. The fraction of sp³-hybridized carbons (Fsp3) is 0.667. The molecule has 0 aromatic carbocycles. The molecule has 13 heavy (non-hydrogen) atoms. The highest BCUT2D eigenvalue weighted by molar-refractivity contribution is 7.99. The van der Waals surface area contributed by atoms with Gasteiger partial charge in [0, 0.05) is 12.8 Å². The van der Waals surface area contributed by atoms with Crippen molar-refractivity contribution in [2.75, 3.05) is 5.75 Å². The van der Waals surface area contributed by atoms with E-state index in [0.29, 0.717) is 5.16 Å². The standard InChI is InChI=1S/C6H8F3N3S/c1-12-4-10-11-5(12)13-3-2-6(7,8)9/h4H,2-3H2,1H3. The Kier molecular flexibility index (Phi) is 3.18. The van der Waals surface area contributed by atoms with E-state index in [9.17, 15) is 13.2 Å². The predicted octanol–water partition coefficient (Wildman–Crippen LogP) is 1.86. The molecule has 74 valence electrons. The van der Waals surface area contributed by atoms with Crippen molar-refractivity contribution < 1.29 is 13.2 Å². The third-order valence-electron chi connectivity index (χ3n) is 1.29. The lowest BCUT2D eigenvalue weighted by Crippen LogP contribution is -2.08. The van der Waals surface area contributed by atoms with Crippen molar-refractivity contribution in [1.82, 2.24) is 14.8 Å². The molecule has 0 amide bonds. The molecule has 0 N–H and O–H groups in total. The van der Waals surface area contributed by atoms with Crippen molar-refractivity contribution in [3.05, 3.63) is 6.33 Å². The lowest BCUT2D eigenvalue weighted by Gasteiger charge is -2.04. The van der Waals surface area contributed by atoms with Crippen LogP contribution in [0.3, 0.4) is 0 Å². The van der Waals surface area contributed by atoms with E-state index in [2.05, 4.69) is 10.2 Å². The Labute approximate surface area is 77.3 Å². The van der Waals surface area contributed by atoms with E-state index in [0.717, 1.165) is 11.8 Å². The molecular formula is C6H8F3N3S. The van der Waals surface area contributed by atoms with Gasteiger partial charge in [-0.2, -0.15) is 13.2 Å².